The molecule has 0 heterocycles. The SMILES string of the molecule is CCCCC[C@H](N)c1cc(Br)cc(Br)c1N.Cl. The second-order valence-electron chi connectivity index (χ2n) is 3.99. The lowest BCUT2D eigenvalue weighted by molar-refractivity contribution is 0.582. The summed E-state index contributed by atoms with van der Waals surface area (Å²) in [6.45, 7) is 2.19. The van der Waals surface area contributed by atoms with Gasteiger partial charge in [0, 0.05) is 15.0 Å². The average Bonchev–Trinajstić information content (AvgIpc) is 2.23. The van der Waals surface area contributed by atoms with Crippen LogP contribution in [0.4, 0.5) is 5.69 Å². The monoisotopic (exact) mass is 384 g/mol. The van der Waals surface area contributed by atoms with Crippen LogP contribution in [0.3, 0.4) is 0 Å². The molecular weight excluding hydrogens is 367 g/mol. The van der Waals surface area contributed by atoms with E-state index in [0.717, 1.165) is 33.0 Å². The minimum Gasteiger partial charge on any atom is -0.398 e. The second-order valence-corrected chi connectivity index (χ2v) is 5.76. The van der Waals surface area contributed by atoms with Gasteiger partial charge in [0.05, 0.1) is 5.69 Å². The molecule has 1 aromatic carbocycles. The number of nitrogens with two attached hydrogens (primary N) is 2. The zero-order valence-corrected chi connectivity index (χ0v) is 13.9. The zero-order valence-electron chi connectivity index (χ0n) is 9.88. The molecule has 0 spiro atoms. The van der Waals surface area contributed by atoms with Crippen molar-refractivity contribution in [3.05, 3.63) is 26.6 Å². The summed E-state index contributed by atoms with van der Waals surface area (Å²) in [5.41, 5.74) is 13.9. The molecule has 0 unspecified atom stereocenters. The highest BCUT2D eigenvalue weighted by Gasteiger charge is 2.12. The van der Waals surface area contributed by atoms with E-state index in [1.807, 2.05) is 12.1 Å². The van der Waals surface area contributed by atoms with Gasteiger partial charge in [-0.3, -0.25) is 0 Å². The van der Waals surface area contributed by atoms with Gasteiger partial charge in [-0.25, -0.2) is 0 Å². The predicted molar refractivity (Wildman–Crippen MR) is 84.6 cm³/mol. The molecule has 0 aliphatic heterocycles. The Morgan fingerprint density at radius 2 is 1.88 bits per heavy atom. The van der Waals surface area contributed by atoms with Crippen molar-refractivity contribution in [1.82, 2.24) is 0 Å². The molecule has 0 bridgehead atoms. The van der Waals surface area contributed by atoms with Crippen LogP contribution >= 0.6 is 44.3 Å². The quantitative estimate of drug-likeness (QED) is 0.564. The van der Waals surface area contributed by atoms with Crippen molar-refractivity contribution in [3.8, 4) is 0 Å². The summed E-state index contributed by atoms with van der Waals surface area (Å²) in [5, 5.41) is 0. The third kappa shape index (κ3) is 5.16. The van der Waals surface area contributed by atoms with Gasteiger partial charge >= 0.3 is 0 Å². The Balaban J connectivity index is 0.00000256. The molecular formula is C12H19Br2ClN2. The predicted octanol–water partition coefficient (Wildman–Crippen LogP) is 4.80. The Bertz CT molecular complexity index is 359. The van der Waals surface area contributed by atoms with E-state index < -0.39 is 0 Å². The van der Waals surface area contributed by atoms with E-state index in [2.05, 4.69) is 38.8 Å². The van der Waals surface area contributed by atoms with Gasteiger partial charge < -0.3 is 11.5 Å². The number of benzene rings is 1. The minimum atomic E-state index is 0. The molecule has 0 amide bonds. The van der Waals surface area contributed by atoms with Crippen molar-refractivity contribution < 1.29 is 0 Å². The largest absolute Gasteiger partial charge is 0.398 e. The first-order valence-electron chi connectivity index (χ1n) is 5.56. The molecule has 2 nitrogen and oxygen atoms in total. The fraction of sp³-hybridized carbons (Fsp3) is 0.500. The average molecular weight is 387 g/mol. The zero-order chi connectivity index (χ0) is 12.1. The summed E-state index contributed by atoms with van der Waals surface area (Å²) in [7, 11) is 0. The lowest BCUT2D eigenvalue weighted by atomic mass is 10.00. The van der Waals surface area contributed by atoms with Crippen molar-refractivity contribution >= 4 is 50.0 Å². The molecule has 1 atom stereocenters. The standard InChI is InChI=1S/C12H18Br2N2.ClH/c1-2-3-4-5-11(15)9-6-8(13)7-10(14)12(9)16;/h6-7,11H,2-5,15-16H2,1H3;1H/t11-;/m0./s1. The highest BCUT2D eigenvalue weighted by molar-refractivity contribution is 9.11. The van der Waals surface area contributed by atoms with Crippen molar-refractivity contribution in [2.45, 2.75) is 38.6 Å². The normalized spacial score (nSPS) is 12.0. The molecule has 0 saturated carbocycles. The number of anilines is 1. The van der Waals surface area contributed by atoms with E-state index in [1.165, 1.54) is 12.8 Å². The molecule has 0 aromatic heterocycles. The van der Waals surface area contributed by atoms with Crippen LogP contribution in [-0.2, 0) is 0 Å². The molecule has 1 aromatic rings. The van der Waals surface area contributed by atoms with Crippen molar-refractivity contribution in [3.63, 3.8) is 0 Å². The van der Waals surface area contributed by atoms with Crippen LogP contribution in [-0.4, -0.2) is 0 Å². The van der Waals surface area contributed by atoms with Crippen LogP contribution in [0, 0.1) is 0 Å². The van der Waals surface area contributed by atoms with Crippen molar-refractivity contribution in [2.24, 2.45) is 5.73 Å². The van der Waals surface area contributed by atoms with Gasteiger partial charge in [-0.1, -0.05) is 42.1 Å². The number of nitrogen functional groups attached to an aromatic ring is 1. The summed E-state index contributed by atoms with van der Waals surface area (Å²) in [4.78, 5) is 0. The number of halogens is 3. The molecule has 0 aliphatic carbocycles. The molecule has 17 heavy (non-hydrogen) atoms. The lowest BCUT2D eigenvalue weighted by Gasteiger charge is -2.16. The van der Waals surface area contributed by atoms with Crippen LogP contribution in [0.2, 0.25) is 0 Å². The Morgan fingerprint density at radius 3 is 2.47 bits per heavy atom. The smallest absolute Gasteiger partial charge is 0.0507 e. The minimum absolute atomic E-state index is 0. The molecule has 0 aliphatic rings. The number of hydrogen-bond acceptors (Lipinski definition) is 2. The van der Waals surface area contributed by atoms with Crippen LogP contribution in [0.5, 0.6) is 0 Å². The van der Waals surface area contributed by atoms with Gasteiger partial charge in [-0.2, -0.15) is 0 Å². The molecule has 0 fully saturated rings. The van der Waals surface area contributed by atoms with Gasteiger partial charge in [-0.15, -0.1) is 12.4 Å². The van der Waals surface area contributed by atoms with Crippen molar-refractivity contribution in [1.29, 1.82) is 0 Å². The molecule has 0 saturated heterocycles. The van der Waals surface area contributed by atoms with E-state index in [-0.39, 0.29) is 18.4 Å². The van der Waals surface area contributed by atoms with Crippen LogP contribution < -0.4 is 11.5 Å². The summed E-state index contributed by atoms with van der Waals surface area (Å²) in [6.07, 6.45) is 4.58. The molecule has 0 radical (unpaired) electrons. The summed E-state index contributed by atoms with van der Waals surface area (Å²) in [5.74, 6) is 0. The first kappa shape index (κ1) is 17.2. The fourth-order valence-electron chi connectivity index (χ4n) is 1.68. The first-order chi connectivity index (χ1) is 7.56. The summed E-state index contributed by atoms with van der Waals surface area (Å²) in [6, 6.07) is 3.98. The molecule has 4 N–H and O–H groups in total. The van der Waals surface area contributed by atoms with Gasteiger partial charge in [0.25, 0.3) is 0 Å². The Hall–Kier alpha value is 0.230. The number of unbranched alkanes of at least 4 members (excludes halogenated alkanes) is 2. The first-order valence-corrected chi connectivity index (χ1v) is 7.14. The molecule has 1 rings (SSSR count). The van der Waals surface area contributed by atoms with E-state index >= 15 is 0 Å². The van der Waals surface area contributed by atoms with Crippen LogP contribution in [0.1, 0.15) is 44.2 Å². The Kier molecular flexibility index (Phi) is 8.47. The van der Waals surface area contributed by atoms with E-state index in [9.17, 15) is 0 Å². The van der Waals surface area contributed by atoms with E-state index in [4.69, 9.17) is 11.5 Å². The van der Waals surface area contributed by atoms with E-state index in [1.54, 1.807) is 0 Å². The highest BCUT2D eigenvalue weighted by Crippen LogP contribution is 2.32. The molecule has 98 valence electrons. The van der Waals surface area contributed by atoms with Crippen LogP contribution in [0.25, 0.3) is 0 Å². The van der Waals surface area contributed by atoms with E-state index in [0.29, 0.717) is 0 Å². The van der Waals surface area contributed by atoms with Gasteiger partial charge in [0.2, 0.25) is 0 Å². The Morgan fingerprint density at radius 1 is 1.24 bits per heavy atom. The van der Waals surface area contributed by atoms with Gasteiger partial charge in [-0.05, 0) is 40.0 Å². The summed E-state index contributed by atoms with van der Waals surface area (Å²) < 4.78 is 1.91. The topological polar surface area (TPSA) is 52.0 Å². The van der Waals surface area contributed by atoms with Crippen LogP contribution in [0.15, 0.2) is 21.1 Å². The third-order valence-electron chi connectivity index (χ3n) is 2.64. The van der Waals surface area contributed by atoms with Crippen molar-refractivity contribution in [2.75, 3.05) is 5.73 Å². The fourth-order valence-corrected chi connectivity index (χ4v) is 2.94. The number of rotatable bonds is 5. The number of hydrogen-bond donors (Lipinski definition) is 2. The maximum absolute atomic E-state index is 6.15. The highest BCUT2D eigenvalue weighted by atomic mass is 79.9. The van der Waals surface area contributed by atoms with Gasteiger partial charge in [0.1, 0.15) is 0 Å². The summed E-state index contributed by atoms with van der Waals surface area (Å²) >= 11 is 6.89. The lowest BCUT2D eigenvalue weighted by Crippen LogP contribution is -2.12. The second kappa shape index (κ2) is 8.35. The Labute approximate surface area is 126 Å². The maximum Gasteiger partial charge on any atom is 0.0507 e. The maximum atomic E-state index is 6.15. The third-order valence-corrected chi connectivity index (χ3v) is 3.76. The molecule has 5 heteroatoms. The van der Waals surface area contributed by atoms with Gasteiger partial charge in [0.15, 0.2) is 0 Å².